The molecule has 0 aromatic heterocycles. The minimum atomic E-state index is -0.864. The maximum atomic E-state index is 10.5. The molecule has 0 amide bonds. The topological polar surface area (TPSA) is 55.8 Å². The molecule has 1 N–H and O–H groups in total. The van der Waals surface area contributed by atoms with Gasteiger partial charge in [0.05, 0.1) is 20.6 Å². The number of hydrogen-bond donors (Lipinski definition) is 1. The maximum absolute atomic E-state index is 10.5. The zero-order valence-corrected chi connectivity index (χ0v) is 8.11. The van der Waals surface area contributed by atoms with Crippen molar-refractivity contribution in [2.45, 2.75) is 6.42 Å². The molecular weight excluding hydrogens is 207 g/mol. The van der Waals surface area contributed by atoms with Gasteiger partial charge in [0.15, 0.2) is 11.5 Å². The van der Waals surface area contributed by atoms with Crippen LogP contribution in [-0.2, 0) is 11.2 Å². The minimum absolute atomic E-state index is 0. The second-order valence-corrected chi connectivity index (χ2v) is 2.76. The predicted molar refractivity (Wildman–Crippen MR) is 58.0 cm³/mol. The Morgan fingerprint density at radius 3 is 2.33 bits per heavy atom. The number of benzene rings is 1. The van der Waals surface area contributed by atoms with E-state index in [0.717, 1.165) is 0 Å². The molecule has 1 aromatic rings. The molecule has 0 aliphatic heterocycles. The van der Waals surface area contributed by atoms with E-state index >= 15 is 0 Å². The Morgan fingerprint density at radius 1 is 1.27 bits per heavy atom. The first kappa shape index (κ1) is 14.3. The van der Waals surface area contributed by atoms with Gasteiger partial charge < -0.3 is 14.6 Å². The van der Waals surface area contributed by atoms with Crippen LogP contribution in [0.25, 0.3) is 0 Å². The Kier molecular flexibility index (Phi) is 6.40. The van der Waals surface area contributed by atoms with Gasteiger partial charge in [-0.15, -0.1) is 0 Å². The third kappa shape index (κ3) is 4.11. The van der Waals surface area contributed by atoms with E-state index < -0.39 is 5.97 Å². The average molecular weight is 220 g/mol. The van der Waals surface area contributed by atoms with Crippen LogP contribution in [0.3, 0.4) is 0 Å². The summed E-state index contributed by atoms with van der Waals surface area (Å²) >= 11 is 0. The molecule has 0 atom stereocenters. The van der Waals surface area contributed by atoms with Crippen molar-refractivity contribution < 1.29 is 19.4 Å². The van der Waals surface area contributed by atoms with Crippen LogP contribution in [0.4, 0.5) is 0 Å². The molecule has 0 heterocycles. The molecule has 0 saturated carbocycles. The van der Waals surface area contributed by atoms with Crippen molar-refractivity contribution in [3.8, 4) is 11.5 Å². The van der Waals surface area contributed by atoms with Crippen molar-refractivity contribution in [1.82, 2.24) is 0 Å². The third-order valence-electron chi connectivity index (χ3n) is 1.80. The first-order valence-corrected chi connectivity index (χ1v) is 4.10. The summed E-state index contributed by atoms with van der Waals surface area (Å²) in [6.45, 7) is 0. The summed E-state index contributed by atoms with van der Waals surface area (Å²) in [5.74, 6) is 0.283. The number of ether oxygens (including phenoxy) is 2. The van der Waals surface area contributed by atoms with Crippen molar-refractivity contribution in [1.29, 1.82) is 0 Å². The van der Waals surface area contributed by atoms with E-state index in [0.29, 0.717) is 17.1 Å². The second-order valence-electron chi connectivity index (χ2n) is 2.76. The van der Waals surface area contributed by atoms with Crippen LogP contribution < -0.4 is 9.47 Å². The van der Waals surface area contributed by atoms with Crippen LogP contribution in [0, 0.1) is 0 Å². The number of rotatable bonds is 4. The molecule has 0 bridgehead atoms. The molecule has 15 heavy (non-hydrogen) atoms. The fraction of sp³-hybridized carbons (Fsp3) is 0.300. The monoisotopic (exact) mass is 220 g/mol. The summed E-state index contributed by atoms with van der Waals surface area (Å²) in [6.07, 6.45) is -0.0135. The van der Waals surface area contributed by atoms with E-state index in [1.807, 2.05) is 0 Å². The van der Waals surface area contributed by atoms with E-state index in [4.69, 9.17) is 14.6 Å². The standard InChI is InChI=1S/C10H12O4.Na.H/c1-13-8-4-3-7(6-10(11)12)5-9(8)14-2;;/h3-5H,6H2,1-2H3,(H,11,12);;. The van der Waals surface area contributed by atoms with Crippen LogP contribution >= 0.6 is 0 Å². The third-order valence-corrected chi connectivity index (χ3v) is 1.80. The molecule has 0 unspecified atom stereocenters. The molecule has 1 rings (SSSR count). The van der Waals surface area contributed by atoms with Gasteiger partial charge in [0.2, 0.25) is 0 Å². The summed E-state index contributed by atoms with van der Waals surface area (Å²) in [4.78, 5) is 10.5. The first-order chi connectivity index (χ1) is 6.67. The van der Waals surface area contributed by atoms with E-state index in [1.165, 1.54) is 14.2 Å². The van der Waals surface area contributed by atoms with Gasteiger partial charge in [-0.2, -0.15) is 0 Å². The van der Waals surface area contributed by atoms with Crippen molar-refractivity contribution in [3.05, 3.63) is 23.8 Å². The van der Waals surface area contributed by atoms with Crippen molar-refractivity contribution in [2.75, 3.05) is 14.2 Å². The summed E-state index contributed by atoms with van der Waals surface area (Å²) < 4.78 is 10.1. The molecule has 4 nitrogen and oxygen atoms in total. The van der Waals surface area contributed by atoms with Crippen LogP contribution in [0.15, 0.2) is 18.2 Å². The molecule has 0 fully saturated rings. The van der Waals surface area contributed by atoms with Gasteiger partial charge in [-0.25, -0.2) is 0 Å². The van der Waals surface area contributed by atoms with E-state index in [-0.39, 0.29) is 36.0 Å². The van der Waals surface area contributed by atoms with Crippen LogP contribution in [0.1, 0.15) is 5.56 Å². The molecule has 0 spiro atoms. The van der Waals surface area contributed by atoms with Gasteiger partial charge in [-0.1, -0.05) is 6.07 Å². The summed E-state index contributed by atoms with van der Waals surface area (Å²) in [5.41, 5.74) is 0.690. The molecule has 0 saturated heterocycles. The summed E-state index contributed by atoms with van der Waals surface area (Å²) in [5, 5.41) is 8.58. The van der Waals surface area contributed by atoms with Gasteiger partial charge in [0.25, 0.3) is 0 Å². The Morgan fingerprint density at radius 2 is 1.87 bits per heavy atom. The molecule has 78 valence electrons. The van der Waals surface area contributed by atoms with Gasteiger partial charge in [0.1, 0.15) is 0 Å². The second kappa shape index (κ2) is 6.71. The van der Waals surface area contributed by atoms with Crippen molar-refractivity contribution in [3.63, 3.8) is 0 Å². The Bertz CT molecular complexity index is 338. The molecule has 0 radical (unpaired) electrons. The fourth-order valence-electron chi connectivity index (χ4n) is 1.17. The fourth-order valence-corrected chi connectivity index (χ4v) is 1.17. The zero-order valence-electron chi connectivity index (χ0n) is 8.11. The predicted octanol–water partition coefficient (Wildman–Crippen LogP) is 0.682. The molecule has 0 aliphatic rings. The number of carbonyl (C=O) groups is 1. The quantitative estimate of drug-likeness (QED) is 0.758. The Labute approximate surface area is 110 Å². The Hall–Kier alpha value is -0.710. The van der Waals surface area contributed by atoms with Crippen LogP contribution in [-0.4, -0.2) is 54.9 Å². The number of carboxylic acid groups (broad SMARTS) is 1. The molecule has 5 heteroatoms. The first-order valence-electron chi connectivity index (χ1n) is 4.10. The Balaban J connectivity index is 0.00000196. The number of carboxylic acids is 1. The van der Waals surface area contributed by atoms with Gasteiger partial charge in [0, 0.05) is 0 Å². The number of methoxy groups -OCH3 is 2. The van der Waals surface area contributed by atoms with E-state index in [9.17, 15) is 4.79 Å². The van der Waals surface area contributed by atoms with Crippen molar-refractivity contribution >= 4 is 35.5 Å². The van der Waals surface area contributed by atoms with Crippen LogP contribution in [0.2, 0.25) is 0 Å². The molecule has 0 aliphatic carbocycles. The average Bonchev–Trinajstić information content (AvgIpc) is 2.16. The van der Waals surface area contributed by atoms with Gasteiger partial charge in [-0.05, 0) is 17.7 Å². The van der Waals surface area contributed by atoms with Gasteiger partial charge >= 0.3 is 35.5 Å². The van der Waals surface area contributed by atoms with Crippen LogP contribution in [0.5, 0.6) is 11.5 Å². The normalized spacial score (nSPS) is 8.93. The number of aliphatic carboxylic acids is 1. The van der Waals surface area contributed by atoms with E-state index in [2.05, 4.69) is 0 Å². The van der Waals surface area contributed by atoms with E-state index in [1.54, 1.807) is 18.2 Å². The zero-order chi connectivity index (χ0) is 10.6. The van der Waals surface area contributed by atoms with Crippen molar-refractivity contribution in [2.24, 2.45) is 0 Å². The van der Waals surface area contributed by atoms with Gasteiger partial charge in [-0.3, -0.25) is 4.79 Å². The summed E-state index contributed by atoms with van der Waals surface area (Å²) in [7, 11) is 3.05. The summed E-state index contributed by atoms with van der Waals surface area (Å²) in [6, 6.07) is 5.06. The molecular formula is C10H13NaO4. The number of hydrogen-bond acceptors (Lipinski definition) is 3. The molecule has 1 aromatic carbocycles. The SMILES string of the molecule is COc1ccc(CC(=O)O)cc1OC.[NaH].